The van der Waals surface area contributed by atoms with E-state index in [1.807, 2.05) is 0 Å². The van der Waals surface area contributed by atoms with E-state index in [9.17, 15) is 14.7 Å². The second-order valence-corrected chi connectivity index (χ2v) is 6.88. The summed E-state index contributed by atoms with van der Waals surface area (Å²) in [7, 11) is 0. The van der Waals surface area contributed by atoms with Crippen molar-refractivity contribution in [2.75, 3.05) is 6.54 Å². The highest BCUT2D eigenvalue weighted by molar-refractivity contribution is 5.89. The molecule has 120 valence electrons. The summed E-state index contributed by atoms with van der Waals surface area (Å²) in [5, 5.41) is 15.7. The fraction of sp³-hybridized carbons (Fsp3) is 0.875. The van der Waals surface area contributed by atoms with Crippen molar-refractivity contribution in [3.8, 4) is 0 Å². The van der Waals surface area contributed by atoms with E-state index in [0.717, 1.165) is 38.6 Å². The van der Waals surface area contributed by atoms with E-state index >= 15 is 0 Å². The minimum atomic E-state index is -1.06. The summed E-state index contributed by atoms with van der Waals surface area (Å²) < 4.78 is 0. The highest BCUT2D eigenvalue weighted by atomic mass is 16.4. The number of nitrogens with one attached hydrogen (secondary N) is 2. The van der Waals surface area contributed by atoms with Gasteiger partial charge in [0.05, 0.1) is 6.04 Å². The number of hydrogen-bond donors (Lipinski definition) is 3. The molecular formula is C16H28N2O3. The summed E-state index contributed by atoms with van der Waals surface area (Å²) in [6.45, 7) is 5.05. The molecule has 2 fully saturated rings. The van der Waals surface area contributed by atoms with Crippen LogP contribution in [0.5, 0.6) is 0 Å². The van der Waals surface area contributed by atoms with Crippen molar-refractivity contribution in [1.82, 2.24) is 10.6 Å². The molecule has 4 unspecified atom stereocenters. The zero-order valence-corrected chi connectivity index (χ0v) is 13.2. The van der Waals surface area contributed by atoms with E-state index in [1.165, 1.54) is 0 Å². The van der Waals surface area contributed by atoms with Gasteiger partial charge in [-0.05, 0) is 44.1 Å². The summed E-state index contributed by atoms with van der Waals surface area (Å²) in [5.74, 6) is -0.110. The van der Waals surface area contributed by atoms with Crippen LogP contribution in [-0.4, -0.2) is 35.1 Å². The zero-order valence-electron chi connectivity index (χ0n) is 13.2. The van der Waals surface area contributed by atoms with Crippen LogP contribution >= 0.6 is 0 Å². The highest BCUT2D eigenvalue weighted by Gasteiger charge is 2.44. The van der Waals surface area contributed by atoms with Gasteiger partial charge in [-0.15, -0.1) is 0 Å². The van der Waals surface area contributed by atoms with Gasteiger partial charge in [0, 0.05) is 0 Å². The van der Waals surface area contributed by atoms with Crippen LogP contribution in [0.1, 0.15) is 58.8 Å². The molecule has 0 spiro atoms. The molecule has 5 nitrogen and oxygen atoms in total. The van der Waals surface area contributed by atoms with Gasteiger partial charge in [-0.3, -0.25) is 4.79 Å². The topological polar surface area (TPSA) is 78.4 Å². The Hall–Kier alpha value is -1.10. The van der Waals surface area contributed by atoms with E-state index < -0.39 is 11.5 Å². The number of aliphatic carboxylic acids is 1. The number of carbonyl (C=O) groups is 2. The monoisotopic (exact) mass is 296 g/mol. The number of rotatable bonds is 4. The number of piperidine rings is 1. The summed E-state index contributed by atoms with van der Waals surface area (Å²) in [5.41, 5.74) is -1.06. The van der Waals surface area contributed by atoms with Crippen molar-refractivity contribution in [2.24, 2.45) is 11.8 Å². The molecule has 1 saturated carbocycles. The molecule has 0 aromatic rings. The molecule has 0 aromatic heterocycles. The molecular weight excluding hydrogens is 268 g/mol. The van der Waals surface area contributed by atoms with Gasteiger partial charge in [0.1, 0.15) is 5.54 Å². The largest absolute Gasteiger partial charge is 0.480 e. The third-order valence-electron chi connectivity index (χ3n) is 5.18. The third kappa shape index (κ3) is 3.76. The summed E-state index contributed by atoms with van der Waals surface area (Å²) >= 11 is 0. The van der Waals surface area contributed by atoms with Crippen molar-refractivity contribution in [2.45, 2.75) is 70.4 Å². The maximum Gasteiger partial charge on any atom is 0.329 e. The van der Waals surface area contributed by atoms with Crippen LogP contribution in [0.4, 0.5) is 0 Å². The Morgan fingerprint density at radius 2 is 2.14 bits per heavy atom. The van der Waals surface area contributed by atoms with Crippen LogP contribution in [-0.2, 0) is 9.59 Å². The molecule has 2 rings (SSSR count). The van der Waals surface area contributed by atoms with E-state index in [0.29, 0.717) is 24.7 Å². The maximum atomic E-state index is 12.5. The van der Waals surface area contributed by atoms with Crippen LogP contribution in [0.3, 0.4) is 0 Å². The summed E-state index contributed by atoms with van der Waals surface area (Å²) in [6, 6.07) is -0.239. The van der Waals surface area contributed by atoms with E-state index in [4.69, 9.17) is 0 Å². The number of carboxylic acids is 1. The Bertz CT molecular complexity index is 399. The first kappa shape index (κ1) is 16.3. The Kier molecular flexibility index (Phi) is 5.25. The second-order valence-electron chi connectivity index (χ2n) is 6.88. The summed E-state index contributed by atoms with van der Waals surface area (Å²) in [6.07, 6.45) is 5.98. The van der Waals surface area contributed by atoms with E-state index in [-0.39, 0.29) is 11.9 Å². The number of carbonyl (C=O) groups excluding carboxylic acids is 1. The third-order valence-corrected chi connectivity index (χ3v) is 5.18. The molecule has 1 saturated heterocycles. The molecule has 1 aliphatic carbocycles. The predicted octanol–water partition coefficient (Wildman–Crippen LogP) is 1.91. The average Bonchev–Trinajstić information content (AvgIpc) is 2.47. The molecule has 1 aliphatic heterocycles. The smallest absolute Gasteiger partial charge is 0.329 e. The van der Waals surface area contributed by atoms with Gasteiger partial charge in [-0.2, -0.15) is 0 Å². The molecule has 0 aromatic carbocycles. The van der Waals surface area contributed by atoms with Gasteiger partial charge in [0.15, 0.2) is 0 Å². The first-order chi connectivity index (χ1) is 9.97. The molecule has 1 amide bonds. The highest BCUT2D eigenvalue weighted by Crippen LogP contribution is 2.33. The minimum absolute atomic E-state index is 0.135. The molecule has 5 heteroatoms. The molecule has 4 atom stereocenters. The van der Waals surface area contributed by atoms with Crippen LogP contribution in [0.2, 0.25) is 0 Å². The Morgan fingerprint density at radius 3 is 2.76 bits per heavy atom. The Balaban J connectivity index is 2.03. The van der Waals surface area contributed by atoms with Crippen molar-refractivity contribution in [1.29, 1.82) is 0 Å². The fourth-order valence-electron chi connectivity index (χ4n) is 3.80. The van der Waals surface area contributed by atoms with Gasteiger partial charge in [-0.25, -0.2) is 4.79 Å². The SMILES string of the molecule is CCC1CCNC(C(=O)NC2(C(=O)O)CCCC(C)C2)C1. The fourth-order valence-corrected chi connectivity index (χ4v) is 3.80. The Morgan fingerprint density at radius 1 is 1.38 bits per heavy atom. The van der Waals surface area contributed by atoms with Gasteiger partial charge in [0.25, 0.3) is 0 Å². The van der Waals surface area contributed by atoms with Crippen LogP contribution < -0.4 is 10.6 Å². The molecule has 0 radical (unpaired) electrons. The number of hydrogen-bond acceptors (Lipinski definition) is 3. The van der Waals surface area contributed by atoms with Crippen molar-refractivity contribution in [3.63, 3.8) is 0 Å². The van der Waals surface area contributed by atoms with Gasteiger partial charge < -0.3 is 15.7 Å². The lowest BCUT2D eigenvalue weighted by molar-refractivity contribution is -0.150. The lowest BCUT2D eigenvalue weighted by Gasteiger charge is -2.39. The first-order valence-electron chi connectivity index (χ1n) is 8.25. The normalized spacial score (nSPS) is 37.0. The van der Waals surface area contributed by atoms with Gasteiger partial charge >= 0.3 is 5.97 Å². The van der Waals surface area contributed by atoms with Crippen LogP contribution in [0, 0.1) is 11.8 Å². The van der Waals surface area contributed by atoms with E-state index in [2.05, 4.69) is 24.5 Å². The Labute approximate surface area is 126 Å². The van der Waals surface area contributed by atoms with Crippen molar-refractivity contribution >= 4 is 11.9 Å². The minimum Gasteiger partial charge on any atom is -0.480 e. The number of amides is 1. The number of carboxylic acid groups (broad SMARTS) is 1. The van der Waals surface area contributed by atoms with Gasteiger partial charge in [-0.1, -0.05) is 33.1 Å². The molecule has 1 heterocycles. The first-order valence-corrected chi connectivity index (χ1v) is 8.25. The predicted molar refractivity (Wildman–Crippen MR) is 80.9 cm³/mol. The van der Waals surface area contributed by atoms with E-state index in [1.54, 1.807) is 0 Å². The molecule has 0 bridgehead atoms. The molecule has 21 heavy (non-hydrogen) atoms. The lowest BCUT2D eigenvalue weighted by atomic mass is 9.76. The van der Waals surface area contributed by atoms with Crippen LogP contribution in [0.25, 0.3) is 0 Å². The lowest BCUT2D eigenvalue weighted by Crippen LogP contribution is -2.61. The molecule has 2 aliphatic rings. The van der Waals surface area contributed by atoms with Crippen molar-refractivity contribution in [3.05, 3.63) is 0 Å². The molecule has 3 N–H and O–H groups in total. The van der Waals surface area contributed by atoms with Crippen LogP contribution in [0.15, 0.2) is 0 Å². The van der Waals surface area contributed by atoms with Crippen molar-refractivity contribution < 1.29 is 14.7 Å². The second kappa shape index (κ2) is 6.77. The maximum absolute atomic E-state index is 12.5. The van der Waals surface area contributed by atoms with Gasteiger partial charge in [0.2, 0.25) is 5.91 Å². The quantitative estimate of drug-likeness (QED) is 0.740. The average molecular weight is 296 g/mol. The zero-order chi connectivity index (χ0) is 15.5. The standard InChI is InChI=1S/C16H28N2O3/c1-3-12-6-8-17-13(9-12)14(19)18-16(15(20)21)7-4-5-11(2)10-16/h11-13,17H,3-10H2,1-2H3,(H,18,19)(H,20,21). The summed E-state index contributed by atoms with van der Waals surface area (Å²) in [4.78, 5) is 24.2.